The van der Waals surface area contributed by atoms with Gasteiger partial charge in [0.05, 0.1) is 13.2 Å². The summed E-state index contributed by atoms with van der Waals surface area (Å²) in [5.74, 6) is -3.81. The molecule has 2 amide bonds. The summed E-state index contributed by atoms with van der Waals surface area (Å²) in [6.07, 6.45) is -0.386. The number of carbonyl (C=O) groups is 3. The van der Waals surface area contributed by atoms with Crippen molar-refractivity contribution in [1.82, 2.24) is 10.6 Å². The maximum absolute atomic E-state index is 13.0. The molecule has 1 aromatic carbocycles. The number of aliphatic carboxylic acids is 1. The van der Waals surface area contributed by atoms with Gasteiger partial charge in [-0.2, -0.15) is 17.6 Å². The molecule has 0 saturated heterocycles. The van der Waals surface area contributed by atoms with Gasteiger partial charge in [0.25, 0.3) is 0 Å². The quantitative estimate of drug-likeness (QED) is 0.271. The van der Waals surface area contributed by atoms with E-state index in [1.165, 1.54) is 0 Å². The Labute approximate surface area is 194 Å². The third kappa shape index (κ3) is 10.0. The Morgan fingerprint density at radius 2 is 1.62 bits per heavy atom. The third-order valence-corrected chi connectivity index (χ3v) is 4.65. The number of ether oxygens (including phenoxy) is 2. The van der Waals surface area contributed by atoms with Crippen LogP contribution < -0.4 is 16.4 Å². The number of hydrogen-bond acceptors (Lipinski definition) is 6. The standard InChI is InChI=1S/C21H29F4N3O6/c1-12(2)8-15(27-16(29)14(26)10-33-19(22)23)17(30)28-21(18(31)32,11-34-20(24)25)9-13-6-4-3-5-7-13/h3-7,12,14-15,19-20H,8-11,26H2,1-2H3,(H,27,29)(H,28,30)(H,31,32)/t14-,15-,21-/m0/s1. The number of carboxylic acids is 1. The van der Waals surface area contributed by atoms with Crippen LogP contribution in [-0.4, -0.2) is 66.9 Å². The van der Waals surface area contributed by atoms with Crippen LogP contribution in [0.15, 0.2) is 30.3 Å². The first-order valence-corrected chi connectivity index (χ1v) is 10.3. The van der Waals surface area contributed by atoms with E-state index in [4.69, 9.17) is 5.73 Å². The zero-order valence-corrected chi connectivity index (χ0v) is 18.7. The first kappa shape index (κ1) is 29.3. The highest BCUT2D eigenvalue weighted by molar-refractivity contribution is 5.93. The second-order valence-corrected chi connectivity index (χ2v) is 8.00. The monoisotopic (exact) mass is 495 g/mol. The van der Waals surface area contributed by atoms with Crippen LogP contribution >= 0.6 is 0 Å². The minimum absolute atomic E-state index is 0.0107. The van der Waals surface area contributed by atoms with Gasteiger partial charge in [-0.15, -0.1) is 0 Å². The van der Waals surface area contributed by atoms with Gasteiger partial charge in [0.2, 0.25) is 11.8 Å². The number of rotatable bonds is 15. The average Bonchev–Trinajstić information content (AvgIpc) is 2.75. The first-order chi connectivity index (χ1) is 15.9. The molecule has 0 aliphatic carbocycles. The van der Waals surface area contributed by atoms with Crippen molar-refractivity contribution in [2.24, 2.45) is 11.7 Å². The van der Waals surface area contributed by atoms with Crippen molar-refractivity contribution in [3.05, 3.63) is 35.9 Å². The summed E-state index contributed by atoms with van der Waals surface area (Å²) >= 11 is 0. The topological polar surface area (TPSA) is 140 Å². The SMILES string of the molecule is CC(C)C[C@H](NC(=O)[C@@H](N)COC(F)F)C(=O)N[C@](COC(F)F)(Cc1ccccc1)C(=O)O. The largest absolute Gasteiger partial charge is 0.479 e. The molecule has 0 spiro atoms. The summed E-state index contributed by atoms with van der Waals surface area (Å²) in [4.78, 5) is 37.5. The second-order valence-electron chi connectivity index (χ2n) is 8.00. The van der Waals surface area contributed by atoms with Crippen LogP contribution in [0.25, 0.3) is 0 Å². The highest BCUT2D eigenvalue weighted by Crippen LogP contribution is 2.18. The number of alkyl halides is 4. The molecule has 34 heavy (non-hydrogen) atoms. The highest BCUT2D eigenvalue weighted by Gasteiger charge is 2.43. The molecule has 192 valence electrons. The molecule has 1 aromatic rings. The molecular formula is C21H29F4N3O6. The number of hydrogen-bond donors (Lipinski definition) is 4. The predicted octanol–water partition coefficient (Wildman–Crippen LogP) is 1.51. The number of carboxylic acid groups (broad SMARTS) is 1. The summed E-state index contributed by atoms with van der Waals surface area (Å²) in [7, 11) is 0. The smallest absolute Gasteiger partial charge is 0.345 e. The number of carbonyl (C=O) groups excluding carboxylic acids is 2. The van der Waals surface area contributed by atoms with Gasteiger partial charge in [-0.3, -0.25) is 9.59 Å². The number of amides is 2. The molecule has 0 aromatic heterocycles. The van der Waals surface area contributed by atoms with E-state index in [9.17, 15) is 37.1 Å². The van der Waals surface area contributed by atoms with E-state index in [1.54, 1.807) is 44.2 Å². The Hall–Kier alpha value is -2.77. The lowest BCUT2D eigenvalue weighted by Crippen LogP contribution is -2.63. The molecule has 0 heterocycles. The fourth-order valence-electron chi connectivity index (χ4n) is 3.03. The van der Waals surface area contributed by atoms with Crippen molar-refractivity contribution in [3.8, 4) is 0 Å². The minimum atomic E-state index is -3.30. The number of benzene rings is 1. The fourth-order valence-corrected chi connectivity index (χ4v) is 3.03. The summed E-state index contributed by atoms with van der Waals surface area (Å²) < 4.78 is 58.2. The normalized spacial score (nSPS) is 15.1. The van der Waals surface area contributed by atoms with Gasteiger partial charge >= 0.3 is 19.2 Å². The molecule has 13 heteroatoms. The Kier molecular flexibility index (Phi) is 11.9. The molecule has 9 nitrogen and oxygen atoms in total. The molecule has 0 aliphatic rings. The highest BCUT2D eigenvalue weighted by atomic mass is 19.3. The number of nitrogens with one attached hydrogen (secondary N) is 2. The van der Waals surface area contributed by atoms with Gasteiger partial charge in [-0.25, -0.2) is 4.79 Å². The lowest BCUT2D eigenvalue weighted by molar-refractivity contribution is -0.168. The Balaban J connectivity index is 3.15. The van der Waals surface area contributed by atoms with E-state index < -0.39 is 68.3 Å². The molecule has 3 atom stereocenters. The van der Waals surface area contributed by atoms with E-state index in [0.717, 1.165) is 0 Å². The molecule has 1 rings (SSSR count). The molecule has 5 N–H and O–H groups in total. The van der Waals surface area contributed by atoms with Crippen LogP contribution in [0, 0.1) is 5.92 Å². The molecule has 0 unspecified atom stereocenters. The van der Waals surface area contributed by atoms with Crippen LogP contribution in [0.3, 0.4) is 0 Å². The molecule has 0 radical (unpaired) electrons. The summed E-state index contributed by atoms with van der Waals surface area (Å²) in [6, 6.07) is 5.07. The van der Waals surface area contributed by atoms with Gasteiger partial charge in [-0.05, 0) is 17.9 Å². The zero-order valence-electron chi connectivity index (χ0n) is 18.7. The first-order valence-electron chi connectivity index (χ1n) is 10.3. The lowest BCUT2D eigenvalue weighted by Gasteiger charge is -2.33. The molecule has 0 bridgehead atoms. The van der Waals surface area contributed by atoms with E-state index >= 15 is 0 Å². The van der Waals surface area contributed by atoms with Crippen LogP contribution in [0.4, 0.5) is 17.6 Å². The van der Waals surface area contributed by atoms with Gasteiger partial charge in [0.1, 0.15) is 12.1 Å². The second kappa shape index (κ2) is 13.8. The van der Waals surface area contributed by atoms with E-state index in [0.29, 0.717) is 5.56 Å². The lowest BCUT2D eigenvalue weighted by atomic mass is 9.90. The van der Waals surface area contributed by atoms with E-state index in [-0.39, 0.29) is 12.3 Å². The van der Waals surface area contributed by atoms with Crippen molar-refractivity contribution in [3.63, 3.8) is 0 Å². The van der Waals surface area contributed by atoms with E-state index in [2.05, 4.69) is 20.1 Å². The minimum Gasteiger partial charge on any atom is -0.479 e. The van der Waals surface area contributed by atoms with Crippen molar-refractivity contribution in [1.29, 1.82) is 0 Å². The Morgan fingerprint density at radius 1 is 1.03 bits per heavy atom. The predicted molar refractivity (Wildman–Crippen MR) is 112 cm³/mol. The van der Waals surface area contributed by atoms with Gasteiger partial charge in [0.15, 0.2) is 5.54 Å². The summed E-state index contributed by atoms with van der Waals surface area (Å²) in [6.45, 7) is -4.93. The zero-order chi connectivity index (χ0) is 25.9. The van der Waals surface area contributed by atoms with Crippen LogP contribution in [0.1, 0.15) is 25.8 Å². The van der Waals surface area contributed by atoms with Gasteiger partial charge < -0.3 is 30.9 Å². The Morgan fingerprint density at radius 3 is 2.12 bits per heavy atom. The van der Waals surface area contributed by atoms with Crippen LogP contribution in [0.2, 0.25) is 0 Å². The van der Waals surface area contributed by atoms with E-state index in [1.807, 2.05) is 0 Å². The van der Waals surface area contributed by atoms with Crippen LogP contribution in [0.5, 0.6) is 0 Å². The van der Waals surface area contributed by atoms with Gasteiger partial charge in [0, 0.05) is 6.42 Å². The fraction of sp³-hybridized carbons (Fsp3) is 0.571. The van der Waals surface area contributed by atoms with Crippen LogP contribution in [-0.2, 0) is 30.3 Å². The number of nitrogens with two attached hydrogens (primary N) is 1. The maximum Gasteiger partial charge on any atom is 0.345 e. The third-order valence-electron chi connectivity index (χ3n) is 4.65. The van der Waals surface area contributed by atoms with Gasteiger partial charge in [-0.1, -0.05) is 44.2 Å². The van der Waals surface area contributed by atoms with Crippen molar-refractivity contribution < 1.29 is 46.5 Å². The van der Waals surface area contributed by atoms with Crippen molar-refractivity contribution in [2.45, 2.75) is 57.5 Å². The average molecular weight is 495 g/mol. The molecule has 0 fully saturated rings. The van der Waals surface area contributed by atoms with Crippen molar-refractivity contribution in [2.75, 3.05) is 13.2 Å². The molecular weight excluding hydrogens is 466 g/mol. The summed E-state index contributed by atoms with van der Waals surface area (Å²) in [5, 5.41) is 14.4. The summed E-state index contributed by atoms with van der Waals surface area (Å²) in [5.41, 5.74) is 3.62. The van der Waals surface area contributed by atoms with Crippen molar-refractivity contribution >= 4 is 17.8 Å². The number of halogens is 4. The Bertz CT molecular complexity index is 800. The maximum atomic E-state index is 13.0. The molecule has 0 saturated carbocycles. The molecule has 0 aliphatic heterocycles.